The van der Waals surface area contributed by atoms with Crippen molar-refractivity contribution >= 4 is 11.9 Å². The van der Waals surface area contributed by atoms with Crippen molar-refractivity contribution in [3.63, 3.8) is 0 Å². The van der Waals surface area contributed by atoms with E-state index in [2.05, 4.69) is 21.0 Å². The van der Waals surface area contributed by atoms with Gasteiger partial charge in [-0.15, -0.1) is 12.3 Å². The van der Waals surface area contributed by atoms with Crippen molar-refractivity contribution in [2.45, 2.75) is 12.5 Å². The molecule has 0 unspecified atom stereocenters. The number of nitrogens with zero attached hydrogens (tertiary/aromatic N) is 1. The second-order valence-corrected chi connectivity index (χ2v) is 3.19. The zero-order valence-electron chi connectivity index (χ0n) is 9.34. The molecule has 17 heavy (non-hydrogen) atoms. The largest absolute Gasteiger partial charge is 0.467 e. The summed E-state index contributed by atoms with van der Waals surface area (Å²) in [6.07, 6.45) is 8.18. The third-order valence-electron chi connectivity index (χ3n) is 2.06. The maximum atomic E-state index is 11.7. The van der Waals surface area contributed by atoms with Crippen LogP contribution in [-0.2, 0) is 9.53 Å². The molecule has 0 spiro atoms. The number of terminal acetylenes is 1. The summed E-state index contributed by atoms with van der Waals surface area (Å²) in [5.74, 6) is 1.36. The number of carbonyl (C=O) groups excluding carboxylic acids is 2. The number of aromatic nitrogens is 1. The maximum absolute atomic E-state index is 11.7. The van der Waals surface area contributed by atoms with Gasteiger partial charge in [-0.05, 0) is 12.1 Å². The number of amides is 1. The zero-order chi connectivity index (χ0) is 12.7. The van der Waals surface area contributed by atoms with Crippen LogP contribution >= 0.6 is 0 Å². The molecule has 1 atom stereocenters. The van der Waals surface area contributed by atoms with E-state index in [1.165, 1.54) is 19.5 Å². The van der Waals surface area contributed by atoms with E-state index < -0.39 is 17.9 Å². The van der Waals surface area contributed by atoms with Crippen molar-refractivity contribution in [2.75, 3.05) is 7.11 Å². The molecule has 0 aromatic carbocycles. The van der Waals surface area contributed by atoms with Gasteiger partial charge in [0.1, 0.15) is 6.04 Å². The first-order chi connectivity index (χ1) is 8.19. The molecule has 1 aromatic rings. The predicted molar refractivity (Wildman–Crippen MR) is 61.0 cm³/mol. The van der Waals surface area contributed by atoms with E-state index in [9.17, 15) is 9.59 Å². The van der Waals surface area contributed by atoms with Gasteiger partial charge in [0, 0.05) is 24.4 Å². The van der Waals surface area contributed by atoms with Crippen LogP contribution in [0.3, 0.4) is 0 Å². The summed E-state index contributed by atoms with van der Waals surface area (Å²) < 4.78 is 4.54. The van der Waals surface area contributed by atoms with Crippen LogP contribution in [0.4, 0.5) is 0 Å². The highest BCUT2D eigenvalue weighted by atomic mass is 16.5. The lowest BCUT2D eigenvalue weighted by molar-refractivity contribution is -0.142. The molecule has 1 rings (SSSR count). The molecule has 0 saturated heterocycles. The second-order valence-electron chi connectivity index (χ2n) is 3.19. The number of rotatable bonds is 4. The monoisotopic (exact) mass is 232 g/mol. The summed E-state index contributed by atoms with van der Waals surface area (Å²) in [6, 6.07) is 2.25. The zero-order valence-corrected chi connectivity index (χ0v) is 9.34. The van der Waals surface area contributed by atoms with E-state index in [1.54, 1.807) is 12.1 Å². The van der Waals surface area contributed by atoms with Crippen LogP contribution in [0.2, 0.25) is 0 Å². The van der Waals surface area contributed by atoms with Crippen LogP contribution in [-0.4, -0.2) is 30.0 Å². The Hall–Kier alpha value is -2.35. The predicted octanol–water partition coefficient (Wildman–Crippen LogP) is 0.376. The molecule has 1 amide bonds. The maximum Gasteiger partial charge on any atom is 0.329 e. The third kappa shape index (κ3) is 3.61. The van der Waals surface area contributed by atoms with Gasteiger partial charge in [0.25, 0.3) is 5.91 Å². The van der Waals surface area contributed by atoms with Crippen LogP contribution in [0.15, 0.2) is 24.5 Å². The minimum absolute atomic E-state index is 0.0868. The van der Waals surface area contributed by atoms with E-state index in [-0.39, 0.29) is 6.42 Å². The molecule has 1 aromatic heterocycles. The molecule has 88 valence electrons. The van der Waals surface area contributed by atoms with Crippen molar-refractivity contribution in [1.29, 1.82) is 0 Å². The summed E-state index contributed by atoms with van der Waals surface area (Å²) in [6.45, 7) is 0. The highest BCUT2D eigenvalue weighted by Crippen LogP contribution is 2.00. The summed E-state index contributed by atoms with van der Waals surface area (Å²) in [7, 11) is 1.24. The van der Waals surface area contributed by atoms with Crippen LogP contribution in [0, 0.1) is 12.3 Å². The normalized spacial score (nSPS) is 11.1. The lowest BCUT2D eigenvalue weighted by Gasteiger charge is -2.13. The number of esters is 1. The fraction of sp³-hybridized carbons (Fsp3) is 0.250. The standard InChI is InChI=1S/C12H12N2O3/c1-3-4-10(12(16)17-2)14-11(15)9-5-7-13-8-6-9/h1,5-8,10H,4H2,2H3,(H,14,15)/t10-/m1/s1. The van der Waals surface area contributed by atoms with Crippen molar-refractivity contribution in [3.05, 3.63) is 30.1 Å². The first-order valence-electron chi connectivity index (χ1n) is 4.91. The van der Waals surface area contributed by atoms with Gasteiger partial charge < -0.3 is 10.1 Å². The summed E-state index contributed by atoms with van der Waals surface area (Å²) >= 11 is 0. The van der Waals surface area contributed by atoms with Crippen LogP contribution in [0.1, 0.15) is 16.8 Å². The van der Waals surface area contributed by atoms with E-state index in [1.807, 2.05) is 0 Å². The molecule has 0 fully saturated rings. The number of hydrogen-bond donors (Lipinski definition) is 1. The molecule has 0 aliphatic heterocycles. The van der Waals surface area contributed by atoms with Crippen molar-refractivity contribution in [3.8, 4) is 12.3 Å². The first kappa shape index (κ1) is 12.7. The van der Waals surface area contributed by atoms with Crippen molar-refractivity contribution in [1.82, 2.24) is 10.3 Å². The van der Waals surface area contributed by atoms with Crippen molar-refractivity contribution < 1.29 is 14.3 Å². The number of ether oxygens (including phenoxy) is 1. The van der Waals surface area contributed by atoms with Gasteiger partial charge in [0.2, 0.25) is 0 Å². The van der Waals surface area contributed by atoms with E-state index in [0.29, 0.717) is 5.56 Å². The fourth-order valence-corrected chi connectivity index (χ4v) is 1.20. The molecule has 1 N–H and O–H groups in total. The Morgan fingerprint density at radius 3 is 2.71 bits per heavy atom. The average molecular weight is 232 g/mol. The van der Waals surface area contributed by atoms with E-state index >= 15 is 0 Å². The lowest BCUT2D eigenvalue weighted by atomic mass is 10.2. The minimum atomic E-state index is -0.828. The van der Waals surface area contributed by atoms with Gasteiger partial charge in [-0.25, -0.2) is 4.79 Å². The molecule has 0 radical (unpaired) electrons. The third-order valence-corrected chi connectivity index (χ3v) is 2.06. The van der Waals surface area contributed by atoms with Gasteiger partial charge in [-0.1, -0.05) is 0 Å². The Morgan fingerprint density at radius 1 is 1.53 bits per heavy atom. The molecular weight excluding hydrogens is 220 g/mol. The van der Waals surface area contributed by atoms with E-state index in [0.717, 1.165) is 0 Å². The molecule has 0 bridgehead atoms. The lowest BCUT2D eigenvalue weighted by Crippen LogP contribution is -2.41. The van der Waals surface area contributed by atoms with Gasteiger partial charge >= 0.3 is 5.97 Å². The Balaban J connectivity index is 2.72. The van der Waals surface area contributed by atoms with Crippen molar-refractivity contribution in [2.24, 2.45) is 0 Å². The van der Waals surface area contributed by atoms with Crippen LogP contribution in [0.5, 0.6) is 0 Å². The van der Waals surface area contributed by atoms with Gasteiger partial charge in [-0.3, -0.25) is 9.78 Å². The first-order valence-corrected chi connectivity index (χ1v) is 4.91. The molecular formula is C12H12N2O3. The molecule has 0 aliphatic carbocycles. The number of methoxy groups -OCH3 is 1. The molecule has 5 nitrogen and oxygen atoms in total. The highest BCUT2D eigenvalue weighted by Gasteiger charge is 2.20. The van der Waals surface area contributed by atoms with Gasteiger partial charge in [0.05, 0.1) is 7.11 Å². The SMILES string of the molecule is C#CC[C@@H](NC(=O)c1ccncc1)C(=O)OC. The van der Waals surface area contributed by atoms with E-state index in [4.69, 9.17) is 6.42 Å². The van der Waals surface area contributed by atoms with Crippen LogP contribution < -0.4 is 5.32 Å². The molecule has 0 saturated carbocycles. The number of hydrogen-bond acceptors (Lipinski definition) is 4. The summed E-state index contributed by atoms with van der Waals surface area (Å²) in [5.41, 5.74) is 0.408. The smallest absolute Gasteiger partial charge is 0.329 e. The Kier molecular flexibility index (Phi) is 4.70. The quantitative estimate of drug-likeness (QED) is 0.601. The van der Waals surface area contributed by atoms with Gasteiger partial charge in [-0.2, -0.15) is 0 Å². The number of pyridine rings is 1. The second kappa shape index (κ2) is 6.28. The summed E-state index contributed by atoms with van der Waals surface area (Å²) in [5, 5.41) is 2.50. The van der Waals surface area contributed by atoms with Crippen LogP contribution in [0.25, 0.3) is 0 Å². The number of carbonyl (C=O) groups is 2. The van der Waals surface area contributed by atoms with Gasteiger partial charge in [0.15, 0.2) is 0 Å². The average Bonchev–Trinajstić information content (AvgIpc) is 2.38. The highest BCUT2D eigenvalue weighted by molar-refractivity contribution is 5.96. The molecule has 5 heteroatoms. The topological polar surface area (TPSA) is 68.3 Å². The Labute approximate surface area is 99.2 Å². The summed E-state index contributed by atoms with van der Waals surface area (Å²) in [4.78, 5) is 26.8. The molecule has 1 heterocycles. The number of nitrogens with one attached hydrogen (secondary N) is 1. The Morgan fingerprint density at radius 2 is 2.18 bits per heavy atom. The Bertz CT molecular complexity index is 437. The fourth-order valence-electron chi connectivity index (χ4n) is 1.20. The minimum Gasteiger partial charge on any atom is -0.467 e. The molecule has 0 aliphatic rings.